The van der Waals surface area contributed by atoms with Gasteiger partial charge in [0.2, 0.25) is 5.91 Å². The molecule has 0 bridgehead atoms. The Labute approximate surface area is 153 Å². The van der Waals surface area contributed by atoms with Crippen LogP contribution in [0.3, 0.4) is 0 Å². The lowest BCUT2D eigenvalue weighted by molar-refractivity contribution is -0.120. The normalized spacial score (nSPS) is 15.4. The summed E-state index contributed by atoms with van der Waals surface area (Å²) in [5, 5.41) is 15.0. The number of rotatable bonds is 3. The number of hydrogen-bond acceptors (Lipinski definition) is 5. The summed E-state index contributed by atoms with van der Waals surface area (Å²) in [5.74, 6) is 0.153. The van der Waals surface area contributed by atoms with E-state index < -0.39 is 5.82 Å². The van der Waals surface area contributed by atoms with Gasteiger partial charge in [-0.05, 0) is 43.2 Å². The first kappa shape index (κ1) is 16.7. The second kappa shape index (κ2) is 6.87. The van der Waals surface area contributed by atoms with Crippen LogP contribution in [-0.2, 0) is 4.79 Å². The number of benzene rings is 1. The van der Waals surface area contributed by atoms with Gasteiger partial charge in [0.05, 0.1) is 5.02 Å². The molecule has 0 aliphatic carbocycles. The standard InChI is InChI=1S/C17H16ClFN6O/c18-13-9-12(1-2-14(13)19)21-17(26)11-5-7-24(8-6-11)16-4-3-15-22-20-10-25(15)23-16/h1-4,9-11H,5-8H2,(H,21,26). The molecule has 1 amide bonds. The lowest BCUT2D eigenvalue weighted by Gasteiger charge is -2.32. The van der Waals surface area contributed by atoms with Crippen molar-refractivity contribution < 1.29 is 9.18 Å². The van der Waals surface area contributed by atoms with Crippen molar-refractivity contribution in [2.45, 2.75) is 12.8 Å². The van der Waals surface area contributed by atoms with Gasteiger partial charge in [0, 0.05) is 24.7 Å². The van der Waals surface area contributed by atoms with Crippen LogP contribution in [0.25, 0.3) is 5.65 Å². The Bertz CT molecular complexity index is 953. The summed E-state index contributed by atoms with van der Waals surface area (Å²) in [6, 6.07) is 7.94. The van der Waals surface area contributed by atoms with E-state index in [1.54, 1.807) is 10.8 Å². The van der Waals surface area contributed by atoms with E-state index in [0.29, 0.717) is 24.2 Å². The van der Waals surface area contributed by atoms with Crippen LogP contribution in [0.1, 0.15) is 12.8 Å². The number of piperidine rings is 1. The molecule has 7 nitrogen and oxygen atoms in total. The first-order valence-electron chi connectivity index (χ1n) is 8.28. The number of nitrogens with one attached hydrogen (secondary N) is 1. The van der Waals surface area contributed by atoms with Crippen molar-refractivity contribution in [3.05, 3.63) is 47.5 Å². The molecule has 1 fully saturated rings. The zero-order valence-electron chi connectivity index (χ0n) is 13.8. The van der Waals surface area contributed by atoms with Gasteiger partial charge >= 0.3 is 0 Å². The maximum Gasteiger partial charge on any atom is 0.227 e. The van der Waals surface area contributed by atoms with Crippen molar-refractivity contribution in [1.29, 1.82) is 0 Å². The highest BCUT2D eigenvalue weighted by Crippen LogP contribution is 2.24. The average molecular weight is 375 g/mol. The van der Waals surface area contributed by atoms with Gasteiger partial charge < -0.3 is 10.2 Å². The lowest BCUT2D eigenvalue weighted by atomic mass is 9.96. The molecule has 1 aliphatic heterocycles. The molecule has 0 radical (unpaired) electrons. The van der Waals surface area contributed by atoms with Crippen LogP contribution in [0.2, 0.25) is 5.02 Å². The van der Waals surface area contributed by atoms with E-state index in [0.717, 1.165) is 18.9 Å². The van der Waals surface area contributed by atoms with Gasteiger partial charge in [0.15, 0.2) is 5.65 Å². The molecule has 3 heterocycles. The molecule has 0 atom stereocenters. The van der Waals surface area contributed by atoms with E-state index >= 15 is 0 Å². The summed E-state index contributed by atoms with van der Waals surface area (Å²) in [5.41, 5.74) is 1.20. The summed E-state index contributed by atoms with van der Waals surface area (Å²) in [6.45, 7) is 1.45. The molecule has 1 N–H and O–H groups in total. The number of carbonyl (C=O) groups is 1. The molecule has 1 aromatic carbocycles. The molecule has 4 rings (SSSR count). The third-order valence-electron chi connectivity index (χ3n) is 4.52. The number of fused-ring (bicyclic) bond motifs is 1. The third-order valence-corrected chi connectivity index (χ3v) is 4.81. The largest absolute Gasteiger partial charge is 0.355 e. The van der Waals surface area contributed by atoms with Crippen LogP contribution in [0.5, 0.6) is 0 Å². The van der Waals surface area contributed by atoms with Gasteiger partial charge in [0.1, 0.15) is 18.0 Å². The van der Waals surface area contributed by atoms with Crippen molar-refractivity contribution in [3.8, 4) is 0 Å². The van der Waals surface area contributed by atoms with Crippen LogP contribution >= 0.6 is 11.6 Å². The van der Waals surface area contributed by atoms with Crippen molar-refractivity contribution in [2.75, 3.05) is 23.3 Å². The number of anilines is 2. The number of aromatic nitrogens is 4. The van der Waals surface area contributed by atoms with Gasteiger partial charge in [-0.15, -0.1) is 15.3 Å². The fraction of sp³-hybridized carbons (Fsp3) is 0.294. The maximum atomic E-state index is 13.2. The Balaban J connectivity index is 1.37. The average Bonchev–Trinajstić information content (AvgIpc) is 3.12. The zero-order chi connectivity index (χ0) is 18.1. The molecule has 3 aromatic rings. The van der Waals surface area contributed by atoms with Crippen molar-refractivity contribution in [3.63, 3.8) is 0 Å². The Kier molecular flexibility index (Phi) is 4.42. The summed E-state index contributed by atoms with van der Waals surface area (Å²) >= 11 is 5.75. The van der Waals surface area contributed by atoms with E-state index in [1.807, 2.05) is 12.1 Å². The summed E-state index contributed by atoms with van der Waals surface area (Å²) < 4.78 is 14.8. The molecular weight excluding hydrogens is 359 g/mol. The van der Waals surface area contributed by atoms with Crippen LogP contribution in [0.4, 0.5) is 15.9 Å². The quantitative estimate of drug-likeness (QED) is 0.763. The SMILES string of the molecule is O=C(Nc1ccc(F)c(Cl)c1)C1CCN(c2ccc3nncn3n2)CC1. The number of hydrogen-bond donors (Lipinski definition) is 1. The molecule has 0 spiro atoms. The van der Waals surface area contributed by atoms with Gasteiger partial charge in [0.25, 0.3) is 0 Å². The van der Waals surface area contributed by atoms with E-state index in [1.165, 1.54) is 18.2 Å². The van der Waals surface area contributed by atoms with Gasteiger partial charge in [-0.3, -0.25) is 4.79 Å². The van der Waals surface area contributed by atoms with Crippen LogP contribution in [-0.4, -0.2) is 38.8 Å². The highest BCUT2D eigenvalue weighted by atomic mass is 35.5. The lowest BCUT2D eigenvalue weighted by Crippen LogP contribution is -2.38. The first-order chi connectivity index (χ1) is 12.6. The van der Waals surface area contributed by atoms with Gasteiger partial charge in [-0.2, -0.15) is 4.52 Å². The molecule has 0 unspecified atom stereocenters. The molecule has 0 saturated carbocycles. The third kappa shape index (κ3) is 3.32. The first-order valence-corrected chi connectivity index (χ1v) is 8.66. The highest BCUT2D eigenvalue weighted by molar-refractivity contribution is 6.31. The Morgan fingerprint density at radius 3 is 2.81 bits per heavy atom. The molecule has 2 aromatic heterocycles. The van der Waals surface area contributed by atoms with Crippen molar-refractivity contribution in [2.24, 2.45) is 5.92 Å². The smallest absolute Gasteiger partial charge is 0.227 e. The molecule has 134 valence electrons. The summed E-state index contributed by atoms with van der Waals surface area (Å²) in [7, 11) is 0. The minimum absolute atomic E-state index is 0.00641. The van der Waals surface area contributed by atoms with Crippen LogP contribution in [0, 0.1) is 11.7 Å². The maximum absolute atomic E-state index is 13.2. The number of amides is 1. The van der Waals surface area contributed by atoms with Crippen molar-refractivity contribution in [1.82, 2.24) is 19.8 Å². The zero-order valence-corrected chi connectivity index (χ0v) is 14.5. The number of carbonyl (C=O) groups excluding carboxylic acids is 1. The minimum atomic E-state index is -0.504. The second-order valence-electron chi connectivity index (χ2n) is 6.20. The molecule has 26 heavy (non-hydrogen) atoms. The van der Waals surface area contributed by atoms with Gasteiger partial charge in [-0.1, -0.05) is 11.6 Å². The highest BCUT2D eigenvalue weighted by Gasteiger charge is 2.26. The predicted molar refractivity (Wildman–Crippen MR) is 95.8 cm³/mol. The van der Waals surface area contributed by atoms with E-state index in [4.69, 9.17) is 11.6 Å². The molecule has 1 aliphatic rings. The number of halogens is 2. The van der Waals surface area contributed by atoms with Crippen LogP contribution in [0.15, 0.2) is 36.7 Å². The molecule has 1 saturated heterocycles. The minimum Gasteiger partial charge on any atom is -0.355 e. The Morgan fingerprint density at radius 2 is 2.04 bits per heavy atom. The summed E-state index contributed by atoms with van der Waals surface area (Å²) in [4.78, 5) is 14.6. The van der Waals surface area contributed by atoms with Crippen molar-refractivity contribution >= 4 is 34.7 Å². The monoisotopic (exact) mass is 374 g/mol. The topological polar surface area (TPSA) is 75.4 Å². The molecule has 9 heteroatoms. The van der Waals surface area contributed by atoms with E-state index in [-0.39, 0.29) is 16.8 Å². The molecular formula is C17H16ClFN6O. The Morgan fingerprint density at radius 1 is 1.23 bits per heavy atom. The predicted octanol–water partition coefficient (Wildman–Crippen LogP) is 2.77. The van der Waals surface area contributed by atoms with Gasteiger partial charge in [-0.25, -0.2) is 4.39 Å². The number of nitrogens with zero attached hydrogens (tertiary/aromatic N) is 5. The second-order valence-corrected chi connectivity index (χ2v) is 6.61. The fourth-order valence-electron chi connectivity index (χ4n) is 3.08. The van der Waals surface area contributed by atoms with E-state index in [2.05, 4.69) is 25.5 Å². The Hall–Kier alpha value is -2.74. The van der Waals surface area contributed by atoms with Crippen LogP contribution < -0.4 is 10.2 Å². The van der Waals surface area contributed by atoms with E-state index in [9.17, 15) is 9.18 Å². The summed E-state index contributed by atoms with van der Waals surface area (Å²) in [6.07, 6.45) is 2.98. The fourth-order valence-corrected chi connectivity index (χ4v) is 3.26.